The van der Waals surface area contributed by atoms with Crippen LogP contribution >= 0.6 is 0 Å². The summed E-state index contributed by atoms with van der Waals surface area (Å²) in [7, 11) is 0. The first kappa shape index (κ1) is 27.3. The highest BCUT2D eigenvalue weighted by Crippen LogP contribution is 2.66. The molecule has 1 spiro atoms. The molecule has 0 amide bonds. The highest BCUT2D eigenvalue weighted by atomic mass is 16.7. The SMILES string of the molecule is C[C@@H]1CC[C@H]2C(CN3CCN(Cc4ccc5c(c4)OCO5)CC3)C(=O)O[C@]23[C@H]1CC[C@@]1(C)O[C@@H]31.O=C(O)C(=O)O. The molecule has 7 atom stereocenters. The molecule has 0 radical (unpaired) electrons. The fraction of sp³-hybridized carbons (Fsp3) is 0.690. The van der Waals surface area contributed by atoms with Gasteiger partial charge in [-0.15, -0.1) is 0 Å². The molecule has 6 aliphatic rings. The summed E-state index contributed by atoms with van der Waals surface area (Å²) in [6, 6.07) is 6.24. The zero-order chi connectivity index (χ0) is 28.2. The second kappa shape index (κ2) is 10.2. The Hall–Kier alpha value is -2.89. The first-order valence-electron chi connectivity index (χ1n) is 14.3. The van der Waals surface area contributed by atoms with E-state index in [1.165, 1.54) is 12.0 Å². The Morgan fingerprint density at radius 3 is 2.40 bits per heavy atom. The lowest BCUT2D eigenvalue weighted by atomic mass is 9.55. The van der Waals surface area contributed by atoms with Gasteiger partial charge in [-0.3, -0.25) is 14.6 Å². The van der Waals surface area contributed by atoms with Crippen LogP contribution in [0.5, 0.6) is 11.5 Å². The number of piperazine rings is 1. The number of fused-ring (bicyclic) bond motifs is 2. The summed E-state index contributed by atoms with van der Waals surface area (Å²) in [6.45, 7) is 10.6. The molecule has 2 aliphatic carbocycles. The summed E-state index contributed by atoms with van der Waals surface area (Å²) >= 11 is 0. The molecule has 0 bridgehead atoms. The molecular weight excluding hydrogens is 520 g/mol. The third-order valence-corrected chi connectivity index (χ3v) is 10.0. The molecule has 0 aromatic heterocycles. The standard InChI is InChI=1S/C27H36N2O5.C2H2O4/c1-17-3-5-21-19(24(30)33-27(21)20(17)7-8-26(2)25(27)34-26)15-29-11-9-28(10-12-29)14-18-4-6-22-23(13-18)32-16-31-22;3-1(4)2(5)6/h4,6,13,17,19-21,25H,3,5,7-12,14-16H2,1-2H3;(H,3,4)(H,5,6)/t17-,19?,20+,21+,25-,26-,27-;/m1./s1. The van der Waals surface area contributed by atoms with Crippen LogP contribution < -0.4 is 9.47 Å². The average molecular weight is 559 g/mol. The number of carbonyl (C=O) groups excluding carboxylic acids is 1. The number of nitrogens with zero attached hydrogens (tertiary/aromatic N) is 2. The number of aliphatic carboxylic acids is 2. The number of ether oxygens (including phenoxy) is 4. The topological polar surface area (TPSA) is 138 Å². The Morgan fingerprint density at radius 2 is 1.68 bits per heavy atom. The van der Waals surface area contributed by atoms with E-state index in [1.807, 2.05) is 6.07 Å². The van der Waals surface area contributed by atoms with Crippen LogP contribution in [0.3, 0.4) is 0 Å². The van der Waals surface area contributed by atoms with Crippen LogP contribution in [0, 0.1) is 23.7 Å². The number of hydrogen-bond acceptors (Lipinski definition) is 9. The van der Waals surface area contributed by atoms with Crippen molar-refractivity contribution in [2.45, 2.75) is 63.4 Å². The summed E-state index contributed by atoms with van der Waals surface area (Å²) in [5.74, 6) is -0.568. The maximum absolute atomic E-state index is 13.3. The van der Waals surface area contributed by atoms with Crippen molar-refractivity contribution < 1.29 is 43.5 Å². The van der Waals surface area contributed by atoms with E-state index in [1.54, 1.807) is 0 Å². The molecule has 1 aromatic rings. The number of epoxide rings is 1. The predicted octanol–water partition coefficient (Wildman–Crippen LogP) is 2.21. The van der Waals surface area contributed by atoms with E-state index in [9.17, 15) is 4.79 Å². The first-order valence-corrected chi connectivity index (χ1v) is 14.3. The van der Waals surface area contributed by atoms with Crippen molar-refractivity contribution in [3.05, 3.63) is 23.8 Å². The highest BCUT2D eigenvalue weighted by Gasteiger charge is 2.77. The van der Waals surface area contributed by atoms with Gasteiger partial charge < -0.3 is 29.2 Å². The van der Waals surface area contributed by atoms with Crippen LogP contribution in [-0.2, 0) is 30.4 Å². The molecule has 1 aromatic carbocycles. The van der Waals surface area contributed by atoms with E-state index >= 15 is 0 Å². The van der Waals surface area contributed by atoms with Gasteiger partial charge in [0.25, 0.3) is 0 Å². The second-order valence-electron chi connectivity index (χ2n) is 12.4. The van der Waals surface area contributed by atoms with Crippen LogP contribution in [0.15, 0.2) is 18.2 Å². The third kappa shape index (κ3) is 4.71. The number of esters is 1. The molecule has 218 valence electrons. The van der Waals surface area contributed by atoms with E-state index in [4.69, 9.17) is 38.7 Å². The van der Waals surface area contributed by atoms with Gasteiger partial charge in [-0.2, -0.15) is 0 Å². The average Bonchev–Trinajstić information content (AvgIpc) is 3.29. The van der Waals surface area contributed by atoms with Gasteiger partial charge in [-0.1, -0.05) is 13.0 Å². The molecule has 7 rings (SSSR count). The van der Waals surface area contributed by atoms with Gasteiger partial charge in [-0.25, -0.2) is 9.59 Å². The molecule has 5 fully saturated rings. The van der Waals surface area contributed by atoms with Crippen molar-refractivity contribution in [3.63, 3.8) is 0 Å². The summed E-state index contributed by atoms with van der Waals surface area (Å²) in [5.41, 5.74) is 0.820. The zero-order valence-electron chi connectivity index (χ0n) is 23.0. The van der Waals surface area contributed by atoms with E-state index in [0.29, 0.717) is 24.5 Å². The van der Waals surface area contributed by atoms with Gasteiger partial charge in [0.05, 0.1) is 11.5 Å². The molecule has 40 heavy (non-hydrogen) atoms. The lowest BCUT2D eigenvalue weighted by Crippen LogP contribution is -2.58. The molecule has 2 saturated carbocycles. The van der Waals surface area contributed by atoms with Gasteiger partial charge in [0.2, 0.25) is 6.79 Å². The minimum atomic E-state index is -1.82. The van der Waals surface area contributed by atoms with Crippen molar-refractivity contribution in [2.75, 3.05) is 39.5 Å². The monoisotopic (exact) mass is 558 g/mol. The Labute approximate surface area is 233 Å². The van der Waals surface area contributed by atoms with Crippen molar-refractivity contribution in [2.24, 2.45) is 23.7 Å². The predicted molar refractivity (Wildman–Crippen MR) is 140 cm³/mol. The van der Waals surface area contributed by atoms with Gasteiger partial charge in [0.15, 0.2) is 11.5 Å². The maximum atomic E-state index is 13.3. The van der Waals surface area contributed by atoms with Crippen molar-refractivity contribution >= 4 is 17.9 Å². The van der Waals surface area contributed by atoms with Crippen LogP contribution in [0.2, 0.25) is 0 Å². The summed E-state index contributed by atoms with van der Waals surface area (Å²) in [4.78, 5) is 36.5. The van der Waals surface area contributed by atoms with Crippen molar-refractivity contribution in [1.82, 2.24) is 9.80 Å². The summed E-state index contributed by atoms with van der Waals surface area (Å²) < 4.78 is 23.6. The Balaban J connectivity index is 0.000000438. The molecule has 2 N–H and O–H groups in total. The van der Waals surface area contributed by atoms with Gasteiger partial charge >= 0.3 is 17.9 Å². The fourth-order valence-electron chi connectivity index (χ4n) is 7.97. The van der Waals surface area contributed by atoms with Crippen LogP contribution in [0.1, 0.15) is 45.1 Å². The molecule has 4 aliphatic heterocycles. The van der Waals surface area contributed by atoms with Gasteiger partial charge in [-0.05, 0) is 56.2 Å². The smallest absolute Gasteiger partial charge is 0.414 e. The van der Waals surface area contributed by atoms with Crippen LogP contribution in [-0.4, -0.2) is 94.7 Å². The number of carbonyl (C=O) groups is 3. The van der Waals surface area contributed by atoms with Gasteiger partial charge in [0, 0.05) is 51.1 Å². The third-order valence-electron chi connectivity index (χ3n) is 10.0. The van der Waals surface area contributed by atoms with E-state index < -0.39 is 11.9 Å². The molecule has 1 unspecified atom stereocenters. The molecule has 11 nitrogen and oxygen atoms in total. The lowest BCUT2D eigenvalue weighted by Gasteiger charge is -2.50. The largest absolute Gasteiger partial charge is 0.473 e. The lowest BCUT2D eigenvalue weighted by molar-refractivity contribution is -0.168. The minimum Gasteiger partial charge on any atom is -0.473 e. The van der Waals surface area contributed by atoms with Crippen molar-refractivity contribution in [1.29, 1.82) is 0 Å². The summed E-state index contributed by atoms with van der Waals surface area (Å²) in [5, 5.41) is 14.8. The first-order chi connectivity index (χ1) is 19.1. The number of carboxylic acids is 2. The highest BCUT2D eigenvalue weighted by molar-refractivity contribution is 6.27. The van der Waals surface area contributed by atoms with Crippen LogP contribution in [0.25, 0.3) is 0 Å². The normalized spacial score (nSPS) is 37.8. The van der Waals surface area contributed by atoms with E-state index in [0.717, 1.165) is 70.0 Å². The number of hydrogen-bond donors (Lipinski definition) is 2. The molecular formula is C29H38N2O9. The molecule has 4 heterocycles. The van der Waals surface area contributed by atoms with E-state index in [-0.39, 0.29) is 29.2 Å². The second-order valence-corrected chi connectivity index (χ2v) is 12.4. The summed E-state index contributed by atoms with van der Waals surface area (Å²) in [6.07, 6.45) is 4.64. The minimum absolute atomic E-state index is 0.0121. The number of benzene rings is 1. The zero-order valence-corrected chi connectivity index (χ0v) is 23.0. The molecule has 3 saturated heterocycles. The fourth-order valence-corrected chi connectivity index (χ4v) is 7.97. The van der Waals surface area contributed by atoms with E-state index in [2.05, 4.69) is 35.8 Å². The quantitative estimate of drug-likeness (QED) is 0.320. The molecule has 11 heteroatoms. The number of rotatable bonds is 4. The van der Waals surface area contributed by atoms with Gasteiger partial charge in [0.1, 0.15) is 11.7 Å². The maximum Gasteiger partial charge on any atom is 0.414 e. The Kier molecular flexibility index (Phi) is 6.95. The number of carboxylic acid groups (broad SMARTS) is 2. The van der Waals surface area contributed by atoms with Crippen molar-refractivity contribution in [3.8, 4) is 11.5 Å². The van der Waals surface area contributed by atoms with Crippen LogP contribution in [0.4, 0.5) is 0 Å². The Morgan fingerprint density at radius 1 is 0.975 bits per heavy atom. The Bertz CT molecular complexity index is 1170.